The summed E-state index contributed by atoms with van der Waals surface area (Å²) in [5.41, 5.74) is -0.157. The Morgan fingerprint density at radius 3 is 2.53 bits per heavy atom. The van der Waals surface area contributed by atoms with Gasteiger partial charge in [-0.3, -0.25) is 10.1 Å². The standard InChI is InChI=1S/C16H28N2O/c1-10(2)14-17-16(8-9-16)15(19)18(14)13-7-5-6-11(3)12(13)4/h10-14,17H,5-9H2,1-4H3. The van der Waals surface area contributed by atoms with Crippen LogP contribution >= 0.6 is 0 Å². The van der Waals surface area contributed by atoms with Gasteiger partial charge in [-0.1, -0.05) is 40.5 Å². The zero-order chi connectivity index (χ0) is 13.8. The number of rotatable bonds is 2. The van der Waals surface area contributed by atoms with Gasteiger partial charge in [-0.2, -0.15) is 0 Å². The molecule has 1 spiro atoms. The molecule has 3 heteroatoms. The number of carbonyl (C=O) groups is 1. The van der Waals surface area contributed by atoms with Crippen molar-refractivity contribution < 1.29 is 4.79 Å². The van der Waals surface area contributed by atoms with Crippen LogP contribution < -0.4 is 5.32 Å². The van der Waals surface area contributed by atoms with Crippen LogP contribution in [0.5, 0.6) is 0 Å². The molecule has 19 heavy (non-hydrogen) atoms. The average Bonchev–Trinajstić information content (AvgIpc) is 3.07. The minimum absolute atomic E-state index is 0.157. The van der Waals surface area contributed by atoms with E-state index in [-0.39, 0.29) is 11.7 Å². The Morgan fingerprint density at radius 1 is 1.26 bits per heavy atom. The monoisotopic (exact) mass is 264 g/mol. The summed E-state index contributed by atoms with van der Waals surface area (Å²) in [6.45, 7) is 9.16. The number of nitrogens with one attached hydrogen (secondary N) is 1. The predicted octanol–water partition coefficient (Wildman–Crippen LogP) is 2.76. The third-order valence-electron chi connectivity index (χ3n) is 5.77. The van der Waals surface area contributed by atoms with Gasteiger partial charge in [0.05, 0.1) is 11.7 Å². The largest absolute Gasteiger partial charge is 0.322 e. The van der Waals surface area contributed by atoms with Gasteiger partial charge in [-0.05, 0) is 37.0 Å². The molecule has 3 rings (SSSR count). The lowest BCUT2D eigenvalue weighted by Crippen LogP contribution is -2.52. The maximum atomic E-state index is 12.8. The Labute approximate surface area is 117 Å². The normalized spacial score (nSPS) is 41.3. The van der Waals surface area contributed by atoms with E-state index in [0.29, 0.717) is 23.8 Å². The molecule has 0 aromatic heterocycles. The molecule has 4 atom stereocenters. The SMILES string of the molecule is CC(C)C1NC2(CC2)C(=O)N1C1CCCC(C)C1C. The molecule has 1 heterocycles. The average molecular weight is 264 g/mol. The summed E-state index contributed by atoms with van der Waals surface area (Å²) >= 11 is 0. The van der Waals surface area contributed by atoms with E-state index in [1.165, 1.54) is 19.3 Å². The van der Waals surface area contributed by atoms with Crippen LogP contribution in [0.2, 0.25) is 0 Å². The summed E-state index contributed by atoms with van der Waals surface area (Å²) in [6, 6.07) is 0.455. The van der Waals surface area contributed by atoms with Gasteiger partial charge < -0.3 is 4.90 Å². The van der Waals surface area contributed by atoms with E-state index in [9.17, 15) is 4.79 Å². The molecule has 0 radical (unpaired) electrons. The van der Waals surface area contributed by atoms with Gasteiger partial charge in [0.1, 0.15) is 0 Å². The first-order valence-corrected chi connectivity index (χ1v) is 8.07. The highest BCUT2D eigenvalue weighted by Gasteiger charge is 2.61. The van der Waals surface area contributed by atoms with Gasteiger partial charge in [0.25, 0.3) is 0 Å². The van der Waals surface area contributed by atoms with Gasteiger partial charge in [0.2, 0.25) is 5.91 Å². The number of carbonyl (C=O) groups excluding carboxylic acids is 1. The van der Waals surface area contributed by atoms with Crippen LogP contribution in [0.1, 0.15) is 59.8 Å². The first-order valence-electron chi connectivity index (χ1n) is 8.07. The van der Waals surface area contributed by atoms with E-state index in [2.05, 4.69) is 37.9 Å². The summed E-state index contributed by atoms with van der Waals surface area (Å²) in [7, 11) is 0. The van der Waals surface area contributed by atoms with Crippen LogP contribution in [0, 0.1) is 17.8 Å². The molecule has 1 saturated heterocycles. The topological polar surface area (TPSA) is 32.3 Å². The van der Waals surface area contributed by atoms with Crippen molar-refractivity contribution >= 4 is 5.91 Å². The Hall–Kier alpha value is -0.570. The number of hydrogen-bond acceptors (Lipinski definition) is 2. The third kappa shape index (κ3) is 2.01. The number of hydrogen-bond donors (Lipinski definition) is 1. The van der Waals surface area contributed by atoms with Gasteiger partial charge >= 0.3 is 0 Å². The highest BCUT2D eigenvalue weighted by Crippen LogP contribution is 2.46. The summed E-state index contributed by atoms with van der Waals surface area (Å²) in [5, 5.41) is 3.65. The molecule has 3 aliphatic rings. The molecule has 0 aromatic rings. The molecular weight excluding hydrogens is 236 g/mol. The first kappa shape index (κ1) is 13.4. The number of nitrogens with zero attached hydrogens (tertiary/aromatic N) is 1. The van der Waals surface area contributed by atoms with Crippen molar-refractivity contribution in [3.63, 3.8) is 0 Å². The van der Waals surface area contributed by atoms with Crippen molar-refractivity contribution in [1.82, 2.24) is 10.2 Å². The van der Waals surface area contributed by atoms with Crippen LogP contribution in [0.3, 0.4) is 0 Å². The zero-order valence-electron chi connectivity index (χ0n) is 12.8. The van der Waals surface area contributed by atoms with Crippen LogP contribution in [0.15, 0.2) is 0 Å². The second kappa shape index (κ2) is 4.47. The third-order valence-corrected chi connectivity index (χ3v) is 5.77. The molecular formula is C16H28N2O. The summed E-state index contributed by atoms with van der Waals surface area (Å²) in [5.74, 6) is 2.27. The zero-order valence-corrected chi connectivity index (χ0v) is 12.8. The molecule has 3 nitrogen and oxygen atoms in total. The predicted molar refractivity (Wildman–Crippen MR) is 76.5 cm³/mol. The maximum absolute atomic E-state index is 12.8. The fourth-order valence-electron chi connectivity index (χ4n) is 4.06. The Balaban J connectivity index is 1.86. The van der Waals surface area contributed by atoms with Gasteiger partial charge in [0.15, 0.2) is 0 Å². The van der Waals surface area contributed by atoms with Crippen LogP contribution in [-0.2, 0) is 4.79 Å². The molecule has 1 aliphatic heterocycles. The van der Waals surface area contributed by atoms with Gasteiger partial charge in [-0.25, -0.2) is 0 Å². The molecule has 2 saturated carbocycles. The van der Waals surface area contributed by atoms with Crippen LogP contribution in [-0.4, -0.2) is 28.6 Å². The maximum Gasteiger partial charge on any atom is 0.244 e. The van der Waals surface area contributed by atoms with E-state index >= 15 is 0 Å². The van der Waals surface area contributed by atoms with Gasteiger partial charge in [0, 0.05) is 6.04 Å². The lowest BCUT2D eigenvalue weighted by molar-refractivity contribution is -0.136. The highest BCUT2D eigenvalue weighted by molar-refractivity contribution is 5.92. The van der Waals surface area contributed by atoms with E-state index in [1.807, 2.05) is 0 Å². The van der Waals surface area contributed by atoms with Gasteiger partial charge in [-0.15, -0.1) is 0 Å². The van der Waals surface area contributed by atoms with Crippen molar-refractivity contribution in [2.24, 2.45) is 17.8 Å². The minimum atomic E-state index is -0.157. The summed E-state index contributed by atoms with van der Waals surface area (Å²) in [6.07, 6.45) is 6.14. The molecule has 2 aliphatic carbocycles. The molecule has 4 unspecified atom stereocenters. The number of amides is 1. The second-order valence-electron chi connectivity index (χ2n) is 7.46. The molecule has 108 valence electrons. The Kier molecular flexibility index (Phi) is 3.16. The van der Waals surface area contributed by atoms with Crippen LogP contribution in [0.4, 0.5) is 0 Å². The summed E-state index contributed by atoms with van der Waals surface area (Å²) in [4.78, 5) is 15.1. The minimum Gasteiger partial charge on any atom is -0.322 e. The Morgan fingerprint density at radius 2 is 1.95 bits per heavy atom. The lowest BCUT2D eigenvalue weighted by atomic mass is 9.77. The lowest BCUT2D eigenvalue weighted by Gasteiger charge is -2.43. The fraction of sp³-hybridized carbons (Fsp3) is 0.938. The van der Waals surface area contributed by atoms with Crippen molar-refractivity contribution in [2.75, 3.05) is 0 Å². The quantitative estimate of drug-likeness (QED) is 0.832. The molecule has 0 bridgehead atoms. The van der Waals surface area contributed by atoms with Crippen molar-refractivity contribution in [3.05, 3.63) is 0 Å². The van der Waals surface area contributed by atoms with Crippen molar-refractivity contribution in [3.8, 4) is 0 Å². The van der Waals surface area contributed by atoms with Crippen LogP contribution in [0.25, 0.3) is 0 Å². The van der Waals surface area contributed by atoms with E-state index < -0.39 is 0 Å². The van der Waals surface area contributed by atoms with E-state index in [0.717, 1.165) is 18.8 Å². The molecule has 1 amide bonds. The Bertz CT molecular complexity index is 375. The van der Waals surface area contributed by atoms with Crippen molar-refractivity contribution in [2.45, 2.75) is 77.5 Å². The molecule has 1 N–H and O–H groups in total. The van der Waals surface area contributed by atoms with E-state index in [1.54, 1.807) is 0 Å². The smallest absolute Gasteiger partial charge is 0.244 e. The molecule has 0 aromatic carbocycles. The van der Waals surface area contributed by atoms with Crippen molar-refractivity contribution in [1.29, 1.82) is 0 Å². The second-order valence-corrected chi connectivity index (χ2v) is 7.46. The first-order chi connectivity index (χ1) is 8.96. The van der Waals surface area contributed by atoms with E-state index in [4.69, 9.17) is 0 Å². The fourth-order valence-corrected chi connectivity index (χ4v) is 4.06. The molecule has 3 fully saturated rings. The summed E-state index contributed by atoms with van der Waals surface area (Å²) < 4.78 is 0. The highest BCUT2D eigenvalue weighted by atomic mass is 16.2.